The highest BCUT2D eigenvalue weighted by atomic mass is 15.2. The molecule has 19 rings (SSSR count). The summed E-state index contributed by atoms with van der Waals surface area (Å²) in [5.41, 5.74) is 26.7. The third-order valence-electron chi connectivity index (χ3n) is 23.7. The lowest BCUT2D eigenvalue weighted by Crippen LogP contribution is -2.65. The number of anilines is 4. The number of hydrogen-bond donors (Lipinski definition) is 0. The van der Waals surface area contributed by atoms with Crippen molar-refractivity contribution in [3.8, 4) is 22.5 Å². The Kier molecular flexibility index (Phi) is 13.7. The predicted octanol–water partition coefficient (Wildman–Crippen LogP) is 21.2. The Balaban J connectivity index is 0.950. The zero-order chi connectivity index (χ0) is 61.1. The van der Waals surface area contributed by atoms with Crippen molar-refractivity contribution in [1.82, 2.24) is 9.13 Å². The van der Waals surface area contributed by atoms with Gasteiger partial charge in [-0.05, 0) is 244 Å². The first-order valence-corrected chi connectivity index (χ1v) is 35.8. The van der Waals surface area contributed by atoms with Crippen LogP contribution in [0.5, 0.6) is 0 Å². The molecule has 4 heterocycles. The van der Waals surface area contributed by atoms with Gasteiger partial charge in [0.25, 0.3) is 6.71 Å². The van der Waals surface area contributed by atoms with Gasteiger partial charge in [0.2, 0.25) is 0 Å². The lowest BCUT2D eigenvalue weighted by atomic mass is 9.33. The minimum atomic E-state index is -0.0421. The van der Waals surface area contributed by atoms with Crippen LogP contribution in [0.1, 0.15) is 116 Å². The van der Waals surface area contributed by atoms with Crippen LogP contribution in [0.3, 0.4) is 0 Å². The van der Waals surface area contributed by atoms with E-state index in [1.54, 1.807) is 22.3 Å². The molecule has 6 atom stereocenters. The number of rotatable bonds is 9. The SMILES string of the molecule is C1=CCC(C2=CCCC(C3=CCCCC3)C2N2c3cc(-n4c5ccccc5c5ccccc54)ccc3B3c4ccc(-n5c6ccccc6c6ccccc65)cc4N(C4C(C5CC=CCC5)=CCCC4C4=CCCCC4)c4cc(-c5ccc6ccccc6c5)cc2c43)CC1. The smallest absolute Gasteiger partial charge is 0.252 e. The molecular weight excluding hydrogens is 1120 g/mol. The fourth-order valence-corrected chi connectivity index (χ4v) is 19.6. The van der Waals surface area contributed by atoms with Crippen molar-refractivity contribution in [1.29, 1.82) is 0 Å². The van der Waals surface area contributed by atoms with E-state index >= 15 is 0 Å². The van der Waals surface area contributed by atoms with Crippen LogP contribution in [0, 0.1) is 23.7 Å². The van der Waals surface area contributed by atoms with Crippen molar-refractivity contribution in [3.63, 3.8) is 0 Å². The largest absolute Gasteiger partial charge is 0.334 e. The predicted molar refractivity (Wildman–Crippen MR) is 395 cm³/mol. The average Bonchev–Trinajstić information content (AvgIpc) is 1.33. The number of benzene rings is 9. The van der Waals surface area contributed by atoms with Crippen molar-refractivity contribution in [3.05, 3.63) is 259 Å². The Morgan fingerprint density at radius 3 is 1.26 bits per heavy atom. The van der Waals surface area contributed by atoms with Crippen LogP contribution in [0.15, 0.2) is 259 Å². The summed E-state index contributed by atoms with van der Waals surface area (Å²) in [6.07, 6.45) is 42.3. The summed E-state index contributed by atoms with van der Waals surface area (Å²) in [5, 5.41) is 7.77. The van der Waals surface area contributed by atoms with Gasteiger partial charge in [0.15, 0.2) is 0 Å². The first kappa shape index (κ1) is 55.6. The van der Waals surface area contributed by atoms with Crippen LogP contribution in [-0.4, -0.2) is 27.9 Å². The Morgan fingerprint density at radius 1 is 0.344 bits per heavy atom. The van der Waals surface area contributed by atoms with Crippen LogP contribution in [0.4, 0.5) is 22.7 Å². The van der Waals surface area contributed by atoms with Crippen molar-refractivity contribution < 1.29 is 0 Å². The molecular formula is C88H81BN4. The summed E-state index contributed by atoms with van der Waals surface area (Å²) in [7, 11) is 0. The van der Waals surface area contributed by atoms with E-state index in [0.717, 1.165) is 38.5 Å². The summed E-state index contributed by atoms with van der Waals surface area (Å²) in [4.78, 5) is 6.10. The van der Waals surface area contributed by atoms with E-state index in [-0.39, 0.29) is 18.8 Å². The van der Waals surface area contributed by atoms with Gasteiger partial charge in [-0.3, -0.25) is 0 Å². The Labute approximate surface area is 548 Å². The van der Waals surface area contributed by atoms with Gasteiger partial charge in [-0.1, -0.05) is 181 Å². The highest BCUT2D eigenvalue weighted by molar-refractivity contribution is 7.00. The standard InChI is InChI=1S/C88H81BN4/c1-5-26-59(27-6-1)68-39-23-40-69(60-28-7-2-8-29-60)87(68)92-82-56-66(90-78-43-19-15-35-72(78)73-36-16-20-44-79(73)90)49-51-76(82)89-77-52-50-67(91-80-45-21-17-37-74(80)75-38-18-22-46-81(75)91)57-83(77)93(85-55-65(54-84(92)86(85)89)64-48-47-58-25-13-14-34-63(58)53-64)88-70(61-30-9-3-10-31-61)41-24-42-71(88)62-32-11-4-12-33-62/h1,3,5,9,13-22,25,28,32,34-39,41,43-57,59,61,69,71,87-88H,2,4,6-8,10-12,23-24,26-27,29-31,33,40,42H2. The normalized spacial score (nSPS) is 22.8. The molecule has 93 heavy (non-hydrogen) atoms. The van der Waals surface area contributed by atoms with Crippen LogP contribution in [0.2, 0.25) is 0 Å². The highest BCUT2D eigenvalue weighted by Crippen LogP contribution is 2.54. The molecule has 9 aromatic carbocycles. The maximum atomic E-state index is 3.05. The van der Waals surface area contributed by atoms with Gasteiger partial charge in [-0.2, -0.15) is 0 Å². The Hall–Kier alpha value is -9.06. The molecule has 2 aromatic heterocycles. The van der Waals surface area contributed by atoms with Crippen LogP contribution in [-0.2, 0) is 0 Å². The second-order valence-electron chi connectivity index (χ2n) is 28.6. The molecule has 0 amide bonds. The number of allylic oxidation sites excluding steroid dienone is 8. The van der Waals surface area contributed by atoms with Gasteiger partial charge in [0, 0.05) is 67.5 Å². The number of nitrogens with zero attached hydrogens (tertiary/aromatic N) is 4. The number of para-hydroxylation sites is 4. The quantitative estimate of drug-likeness (QED) is 0.106. The molecule has 8 aliphatic rings. The minimum absolute atomic E-state index is 0.0421. The third-order valence-corrected chi connectivity index (χ3v) is 23.7. The van der Waals surface area contributed by atoms with E-state index < -0.39 is 0 Å². The molecule has 0 saturated heterocycles. The molecule has 456 valence electrons. The molecule has 6 aliphatic carbocycles. The maximum absolute atomic E-state index is 3.05. The summed E-state index contributed by atoms with van der Waals surface area (Å²) >= 11 is 0. The first-order valence-electron chi connectivity index (χ1n) is 35.8. The van der Waals surface area contributed by atoms with Gasteiger partial charge in [0.05, 0.1) is 34.2 Å². The van der Waals surface area contributed by atoms with Crippen molar-refractivity contribution in [2.24, 2.45) is 23.7 Å². The van der Waals surface area contributed by atoms with Crippen molar-refractivity contribution in [2.45, 2.75) is 128 Å². The molecule has 5 heteroatoms. The lowest BCUT2D eigenvalue weighted by molar-refractivity contribution is 0.391. The van der Waals surface area contributed by atoms with Gasteiger partial charge in [-0.15, -0.1) is 0 Å². The summed E-state index contributed by atoms with van der Waals surface area (Å²) in [6.45, 7) is -0.0421. The molecule has 0 fully saturated rings. The van der Waals surface area contributed by atoms with E-state index in [2.05, 4.69) is 256 Å². The van der Waals surface area contributed by atoms with Gasteiger partial charge < -0.3 is 18.9 Å². The third kappa shape index (κ3) is 9.06. The number of aromatic nitrogens is 2. The highest BCUT2D eigenvalue weighted by Gasteiger charge is 2.51. The van der Waals surface area contributed by atoms with E-state index in [1.807, 2.05) is 0 Å². The summed E-state index contributed by atoms with van der Waals surface area (Å²) in [5.74, 6) is 1.73. The zero-order valence-corrected chi connectivity index (χ0v) is 53.6. The van der Waals surface area contributed by atoms with E-state index in [0.29, 0.717) is 23.7 Å². The molecule has 0 bridgehead atoms. The molecule has 0 radical (unpaired) electrons. The second-order valence-corrected chi connectivity index (χ2v) is 28.6. The zero-order valence-electron chi connectivity index (χ0n) is 53.6. The maximum Gasteiger partial charge on any atom is 0.252 e. The topological polar surface area (TPSA) is 16.3 Å². The Bertz CT molecular complexity index is 4660. The fourth-order valence-electron chi connectivity index (χ4n) is 19.6. The van der Waals surface area contributed by atoms with Gasteiger partial charge >= 0.3 is 0 Å². The van der Waals surface area contributed by atoms with Crippen molar-refractivity contribution >= 4 is 100 Å². The molecule has 0 N–H and O–H groups in total. The fraction of sp³-hybridized carbons (Fsp3) is 0.273. The lowest BCUT2D eigenvalue weighted by Gasteiger charge is -2.53. The summed E-state index contributed by atoms with van der Waals surface area (Å²) < 4.78 is 5.18. The molecule has 0 saturated carbocycles. The van der Waals surface area contributed by atoms with Crippen LogP contribution < -0.4 is 26.2 Å². The molecule has 11 aromatic rings. The Morgan fingerprint density at radius 2 is 0.806 bits per heavy atom. The number of hydrogen-bond acceptors (Lipinski definition) is 2. The first-order chi connectivity index (χ1) is 46.2. The van der Waals surface area contributed by atoms with Gasteiger partial charge in [0.1, 0.15) is 0 Å². The monoisotopic (exact) mass is 1200 g/mol. The molecule has 0 spiro atoms. The molecule has 4 nitrogen and oxygen atoms in total. The van der Waals surface area contributed by atoms with E-state index in [9.17, 15) is 0 Å². The van der Waals surface area contributed by atoms with Crippen LogP contribution in [0.25, 0.3) is 76.9 Å². The van der Waals surface area contributed by atoms with Gasteiger partial charge in [-0.25, -0.2) is 0 Å². The molecule has 2 aliphatic heterocycles. The van der Waals surface area contributed by atoms with Crippen molar-refractivity contribution in [2.75, 3.05) is 9.80 Å². The number of fused-ring (bicyclic) bond motifs is 11. The average molecular weight is 1210 g/mol. The second kappa shape index (κ2) is 22.9. The minimum Gasteiger partial charge on any atom is -0.334 e. The summed E-state index contributed by atoms with van der Waals surface area (Å²) in [6, 6.07) is 74.3. The molecule has 6 unspecified atom stereocenters. The van der Waals surface area contributed by atoms with E-state index in [1.165, 1.54) is 193 Å². The van der Waals surface area contributed by atoms with Crippen LogP contribution >= 0.6 is 0 Å². The van der Waals surface area contributed by atoms with E-state index in [4.69, 9.17) is 0 Å².